The molecule has 1 saturated heterocycles. The molecule has 0 saturated carbocycles. The normalized spacial score (nSPS) is 25.9. The van der Waals surface area contributed by atoms with E-state index in [0.717, 1.165) is 49.9 Å². The number of aromatic nitrogens is 4. The van der Waals surface area contributed by atoms with Gasteiger partial charge in [-0.25, -0.2) is 4.98 Å². The van der Waals surface area contributed by atoms with Gasteiger partial charge in [-0.15, -0.1) is 21.5 Å². The van der Waals surface area contributed by atoms with E-state index in [4.69, 9.17) is 0 Å². The Morgan fingerprint density at radius 3 is 3.00 bits per heavy atom. The van der Waals surface area contributed by atoms with Gasteiger partial charge in [0.05, 0.1) is 29.9 Å². The van der Waals surface area contributed by atoms with Gasteiger partial charge in [0.25, 0.3) is 0 Å². The highest BCUT2D eigenvalue weighted by atomic mass is 32.1. The maximum absolute atomic E-state index is 10.2. The molecule has 0 amide bonds. The summed E-state index contributed by atoms with van der Waals surface area (Å²) >= 11 is 1.68. The molecule has 2 aromatic heterocycles. The lowest BCUT2D eigenvalue weighted by Crippen LogP contribution is -2.33. The lowest BCUT2D eigenvalue weighted by atomic mass is 10.1. The Labute approximate surface area is 139 Å². The fourth-order valence-corrected chi connectivity index (χ4v) is 4.33. The minimum absolute atomic E-state index is 0.135. The molecule has 0 spiro atoms. The quantitative estimate of drug-likeness (QED) is 0.895. The first kappa shape index (κ1) is 15.2. The number of likely N-dealkylation sites (tertiary alicyclic amines) is 1. The van der Waals surface area contributed by atoms with Crippen LogP contribution in [0.3, 0.4) is 0 Å². The third-order valence-electron chi connectivity index (χ3n) is 4.84. The van der Waals surface area contributed by atoms with Crippen LogP contribution in [-0.4, -0.2) is 60.9 Å². The summed E-state index contributed by atoms with van der Waals surface area (Å²) < 4.78 is 2.25. The number of fused-ring (bicyclic) bond motifs is 1. The van der Waals surface area contributed by atoms with Crippen molar-refractivity contribution in [2.75, 3.05) is 20.1 Å². The zero-order valence-corrected chi connectivity index (χ0v) is 14.3. The number of hydrogen-bond donors (Lipinski definition) is 1. The number of nitrogens with zero attached hydrogens (tertiary/aromatic N) is 6. The van der Waals surface area contributed by atoms with Gasteiger partial charge >= 0.3 is 0 Å². The van der Waals surface area contributed by atoms with Gasteiger partial charge in [-0.2, -0.15) is 0 Å². The average Bonchev–Trinajstić information content (AvgIpc) is 3.19. The van der Waals surface area contributed by atoms with E-state index in [-0.39, 0.29) is 12.1 Å². The molecule has 1 N–H and O–H groups in total. The summed E-state index contributed by atoms with van der Waals surface area (Å²) in [6.45, 7) is 6.33. The zero-order valence-electron chi connectivity index (χ0n) is 13.5. The predicted molar refractivity (Wildman–Crippen MR) is 87.0 cm³/mol. The third kappa shape index (κ3) is 2.80. The summed E-state index contributed by atoms with van der Waals surface area (Å²) in [5.41, 5.74) is 2.97. The number of likely N-dealkylation sites (N-methyl/N-ethyl adjacent to an activating group) is 1. The van der Waals surface area contributed by atoms with Gasteiger partial charge in [-0.1, -0.05) is 0 Å². The molecule has 0 aromatic carbocycles. The number of aryl methyl sites for hydroxylation is 1. The standard InChI is InChI=1S/C15H22N6OS/c1-10-13(23-9-16-10)7-20-6-11(22)5-12(20)15-18-17-14-8-19(2)3-4-21(14)15/h9,11-12,22H,3-8H2,1-2H3/t11-,12-/m0/s1. The Hall–Kier alpha value is -1.35. The Morgan fingerprint density at radius 2 is 2.22 bits per heavy atom. The molecule has 0 radical (unpaired) electrons. The molecule has 23 heavy (non-hydrogen) atoms. The summed E-state index contributed by atoms with van der Waals surface area (Å²) in [6, 6.07) is 0.135. The largest absolute Gasteiger partial charge is 0.392 e. The van der Waals surface area contributed by atoms with Crippen molar-refractivity contribution < 1.29 is 5.11 Å². The lowest BCUT2D eigenvalue weighted by molar-refractivity contribution is 0.172. The fourth-order valence-electron chi connectivity index (χ4n) is 3.53. The van der Waals surface area contributed by atoms with Gasteiger partial charge in [0.2, 0.25) is 0 Å². The molecule has 2 atom stereocenters. The minimum atomic E-state index is -0.299. The molecule has 4 heterocycles. The smallest absolute Gasteiger partial charge is 0.150 e. The van der Waals surface area contributed by atoms with Crippen LogP contribution in [0.2, 0.25) is 0 Å². The molecular weight excluding hydrogens is 312 g/mol. The van der Waals surface area contributed by atoms with Gasteiger partial charge in [-0.3, -0.25) is 9.80 Å². The summed E-state index contributed by atoms with van der Waals surface area (Å²) in [4.78, 5) is 10.2. The molecular formula is C15H22N6OS. The molecule has 0 unspecified atom stereocenters. The van der Waals surface area contributed by atoms with Crippen molar-refractivity contribution in [3.8, 4) is 0 Å². The van der Waals surface area contributed by atoms with Gasteiger partial charge in [0, 0.05) is 31.1 Å². The van der Waals surface area contributed by atoms with Gasteiger partial charge in [0.15, 0.2) is 5.82 Å². The van der Waals surface area contributed by atoms with Crippen LogP contribution in [0.4, 0.5) is 0 Å². The number of aliphatic hydroxyl groups excluding tert-OH is 1. The highest BCUT2D eigenvalue weighted by Crippen LogP contribution is 2.34. The summed E-state index contributed by atoms with van der Waals surface area (Å²) in [5, 5.41) is 19.0. The summed E-state index contributed by atoms with van der Waals surface area (Å²) in [5.74, 6) is 2.04. The number of aliphatic hydroxyl groups is 1. The van der Waals surface area contributed by atoms with E-state index in [9.17, 15) is 5.11 Å². The molecule has 1 fully saturated rings. The SMILES string of the molecule is Cc1ncsc1CN1C[C@@H](O)C[C@H]1c1nnc2n1CCN(C)C2. The molecule has 7 nitrogen and oxygen atoms in total. The van der Waals surface area contributed by atoms with Crippen LogP contribution < -0.4 is 0 Å². The number of rotatable bonds is 3. The minimum Gasteiger partial charge on any atom is -0.392 e. The molecule has 124 valence electrons. The van der Waals surface area contributed by atoms with Crippen molar-refractivity contribution in [1.82, 2.24) is 29.5 Å². The molecule has 2 aliphatic rings. The first-order valence-corrected chi connectivity index (χ1v) is 8.91. The van der Waals surface area contributed by atoms with E-state index in [0.29, 0.717) is 6.54 Å². The first-order chi connectivity index (χ1) is 11.1. The fraction of sp³-hybridized carbons (Fsp3) is 0.667. The Bertz CT molecular complexity index is 698. The predicted octanol–water partition coefficient (Wildman–Crippen LogP) is 0.796. The summed E-state index contributed by atoms with van der Waals surface area (Å²) in [7, 11) is 2.11. The van der Waals surface area contributed by atoms with Gasteiger partial charge in [0.1, 0.15) is 5.82 Å². The first-order valence-electron chi connectivity index (χ1n) is 8.03. The Balaban J connectivity index is 1.60. The maximum Gasteiger partial charge on any atom is 0.150 e. The highest BCUT2D eigenvalue weighted by molar-refractivity contribution is 7.09. The second-order valence-electron chi connectivity index (χ2n) is 6.56. The number of thiazole rings is 1. The van der Waals surface area contributed by atoms with Crippen LogP contribution in [0.25, 0.3) is 0 Å². The van der Waals surface area contributed by atoms with Crippen LogP contribution in [-0.2, 0) is 19.6 Å². The Morgan fingerprint density at radius 1 is 1.35 bits per heavy atom. The summed E-state index contributed by atoms with van der Waals surface area (Å²) in [6.07, 6.45) is 0.429. The van der Waals surface area contributed by atoms with Crippen molar-refractivity contribution in [2.24, 2.45) is 0 Å². The van der Waals surface area contributed by atoms with Crippen LogP contribution in [0, 0.1) is 6.92 Å². The van der Waals surface area contributed by atoms with Crippen LogP contribution in [0.1, 0.15) is 34.7 Å². The van der Waals surface area contributed by atoms with E-state index in [1.54, 1.807) is 11.3 Å². The van der Waals surface area contributed by atoms with Crippen LogP contribution in [0.5, 0.6) is 0 Å². The highest BCUT2D eigenvalue weighted by Gasteiger charge is 2.36. The van der Waals surface area contributed by atoms with Gasteiger partial charge in [-0.05, 0) is 20.4 Å². The van der Waals surface area contributed by atoms with E-state index in [1.165, 1.54) is 4.88 Å². The monoisotopic (exact) mass is 334 g/mol. The molecule has 4 rings (SSSR count). The molecule has 2 aliphatic heterocycles. The van der Waals surface area contributed by atoms with Crippen molar-refractivity contribution in [3.63, 3.8) is 0 Å². The van der Waals surface area contributed by atoms with Gasteiger partial charge < -0.3 is 9.67 Å². The molecule has 0 bridgehead atoms. The third-order valence-corrected chi connectivity index (χ3v) is 5.76. The zero-order chi connectivity index (χ0) is 16.0. The van der Waals surface area contributed by atoms with Crippen molar-refractivity contribution >= 4 is 11.3 Å². The second kappa shape index (κ2) is 5.94. The van der Waals surface area contributed by atoms with Crippen molar-refractivity contribution in [3.05, 3.63) is 27.7 Å². The number of β-amino-alcohol motifs (C(OH)–C–C–N with tert-alkyl or cyclic N) is 1. The van der Waals surface area contributed by atoms with E-state index >= 15 is 0 Å². The van der Waals surface area contributed by atoms with Crippen LogP contribution >= 0.6 is 11.3 Å². The maximum atomic E-state index is 10.2. The van der Waals surface area contributed by atoms with E-state index in [2.05, 4.69) is 36.6 Å². The molecule has 8 heteroatoms. The van der Waals surface area contributed by atoms with E-state index in [1.807, 2.05) is 12.4 Å². The molecule has 2 aromatic rings. The van der Waals surface area contributed by atoms with Crippen LogP contribution in [0.15, 0.2) is 5.51 Å². The Kier molecular flexibility index (Phi) is 3.92. The van der Waals surface area contributed by atoms with E-state index < -0.39 is 0 Å². The second-order valence-corrected chi connectivity index (χ2v) is 7.50. The van der Waals surface area contributed by atoms with Crippen molar-refractivity contribution in [1.29, 1.82) is 0 Å². The molecule has 0 aliphatic carbocycles. The van der Waals surface area contributed by atoms with Crippen molar-refractivity contribution in [2.45, 2.75) is 45.1 Å². The lowest BCUT2D eigenvalue weighted by Gasteiger charge is -2.27. The average molecular weight is 334 g/mol. The number of hydrogen-bond acceptors (Lipinski definition) is 7. The topological polar surface area (TPSA) is 70.3 Å².